The summed E-state index contributed by atoms with van der Waals surface area (Å²) in [5.74, 6) is 0.677. The summed E-state index contributed by atoms with van der Waals surface area (Å²) in [4.78, 5) is 2.53. The lowest BCUT2D eigenvalue weighted by Crippen LogP contribution is -2.63. The Labute approximate surface area is 204 Å². The number of fused-ring (bicyclic) bond motifs is 5. The molecule has 188 valence electrons. The van der Waals surface area contributed by atoms with Crippen molar-refractivity contribution >= 4 is 0 Å². The number of likely N-dealkylation sites (tertiary alicyclic amines) is 1. The Morgan fingerprint density at radius 3 is 2.65 bits per heavy atom. The maximum Gasteiger partial charge on any atom is 0.101 e. The molecular formula is C29H43NO4. The van der Waals surface area contributed by atoms with E-state index >= 15 is 0 Å². The van der Waals surface area contributed by atoms with E-state index in [1.165, 1.54) is 25.9 Å². The van der Waals surface area contributed by atoms with Crippen molar-refractivity contribution in [2.24, 2.45) is 22.7 Å². The van der Waals surface area contributed by atoms with Crippen LogP contribution in [0.25, 0.3) is 0 Å². The highest BCUT2D eigenvalue weighted by atomic mass is 16.5. The van der Waals surface area contributed by atoms with Crippen LogP contribution >= 0.6 is 0 Å². The number of furan rings is 1. The van der Waals surface area contributed by atoms with Gasteiger partial charge in [0.1, 0.15) is 5.60 Å². The fraction of sp³-hybridized carbons (Fsp3) is 0.793. The number of hydrogen-bond donors (Lipinski definition) is 2. The molecule has 7 atom stereocenters. The topological polar surface area (TPSA) is 66.1 Å². The van der Waals surface area contributed by atoms with E-state index in [0.29, 0.717) is 24.9 Å². The molecular weight excluding hydrogens is 426 g/mol. The molecule has 4 aliphatic carbocycles. The molecule has 0 spiro atoms. The lowest BCUT2D eigenvalue weighted by atomic mass is 9.45. The molecule has 5 heteroatoms. The van der Waals surface area contributed by atoms with Crippen LogP contribution in [-0.2, 0) is 10.3 Å². The second-order valence-electron chi connectivity index (χ2n) is 12.5. The molecule has 34 heavy (non-hydrogen) atoms. The summed E-state index contributed by atoms with van der Waals surface area (Å²) >= 11 is 0. The van der Waals surface area contributed by atoms with Gasteiger partial charge in [0.25, 0.3) is 0 Å². The van der Waals surface area contributed by atoms with Gasteiger partial charge in [-0.1, -0.05) is 25.5 Å². The first-order chi connectivity index (χ1) is 16.3. The highest BCUT2D eigenvalue weighted by molar-refractivity contribution is 5.33. The largest absolute Gasteiger partial charge is 0.472 e. The van der Waals surface area contributed by atoms with Crippen LogP contribution in [0, 0.1) is 22.7 Å². The summed E-state index contributed by atoms with van der Waals surface area (Å²) in [6.07, 6.45) is 16.2. The van der Waals surface area contributed by atoms with Crippen LogP contribution in [0.2, 0.25) is 0 Å². The molecule has 0 bridgehead atoms. The lowest BCUT2D eigenvalue weighted by molar-refractivity contribution is -0.218. The molecule has 2 unspecified atom stereocenters. The van der Waals surface area contributed by atoms with Crippen molar-refractivity contribution < 1.29 is 19.4 Å². The fourth-order valence-corrected chi connectivity index (χ4v) is 9.07. The molecule has 1 aliphatic heterocycles. The Hall–Kier alpha value is -1.14. The van der Waals surface area contributed by atoms with E-state index in [4.69, 9.17) is 9.15 Å². The molecule has 1 aromatic rings. The van der Waals surface area contributed by atoms with Crippen LogP contribution in [0.4, 0.5) is 0 Å². The van der Waals surface area contributed by atoms with Crippen molar-refractivity contribution in [3.63, 3.8) is 0 Å². The highest BCUT2D eigenvalue weighted by Gasteiger charge is 2.71. The molecule has 2 N–H and O–H groups in total. The van der Waals surface area contributed by atoms with Gasteiger partial charge in [-0.3, -0.25) is 0 Å². The van der Waals surface area contributed by atoms with Crippen molar-refractivity contribution in [2.45, 2.75) is 95.4 Å². The second-order valence-corrected chi connectivity index (χ2v) is 12.5. The summed E-state index contributed by atoms with van der Waals surface area (Å²) < 4.78 is 11.7. The third kappa shape index (κ3) is 3.19. The maximum atomic E-state index is 12.3. The monoisotopic (exact) mass is 469 g/mol. The molecule has 3 saturated carbocycles. The zero-order valence-electron chi connectivity index (χ0n) is 21.1. The molecule has 1 aromatic heterocycles. The average molecular weight is 470 g/mol. The van der Waals surface area contributed by atoms with Gasteiger partial charge >= 0.3 is 0 Å². The van der Waals surface area contributed by atoms with E-state index in [-0.39, 0.29) is 11.3 Å². The standard InChI is InChI=1S/C29H43NO4/c1-26-10-7-23(34-18-16-30-14-3-4-15-30)19-21(26)5-6-25-24(26)8-11-27(2)28(31,12-13-29(25,27)32)22-9-17-33-20-22/h5,9,17,20,23-25,31-32H,3-4,6-8,10-16,18-19H2,1-2H3/t23?,24-,25-,26+,27-,28?,29-/m1/s1. The van der Waals surface area contributed by atoms with Gasteiger partial charge < -0.3 is 24.3 Å². The molecule has 4 fully saturated rings. The van der Waals surface area contributed by atoms with Crippen LogP contribution in [0.1, 0.15) is 83.6 Å². The quantitative estimate of drug-likeness (QED) is 0.593. The van der Waals surface area contributed by atoms with Gasteiger partial charge in [0.2, 0.25) is 0 Å². The van der Waals surface area contributed by atoms with Gasteiger partial charge in [-0.05, 0) is 101 Å². The molecule has 6 rings (SSSR count). The number of hydrogen-bond acceptors (Lipinski definition) is 5. The Bertz CT molecular complexity index is 923. The molecule has 5 nitrogen and oxygen atoms in total. The van der Waals surface area contributed by atoms with Gasteiger partial charge in [-0.25, -0.2) is 0 Å². The summed E-state index contributed by atoms with van der Waals surface area (Å²) in [7, 11) is 0. The first-order valence-electron chi connectivity index (χ1n) is 13.8. The molecule has 5 aliphatic rings. The zero-order chi connectivity index (χ0) is 23.6. The van der Waals surface area contributed by atoms with E-state index in [9.17, 15) is 10.2 Å². The number of aliphatic hydroxyl groups is 2. The van der Waals surface area contributed by atoms with Gasteiger partial charge in [0, 0.05) is 17.5 Å². The zero-order valence-corrected chi connectivity index (χ0v) is 21.1. The van der Waals surface area contributed by atoms with Crippen molar-refractivity contribution in [1.82, 2.24) is 4.90 Å². The Kier molecular flexibility index (Phi) is 5.61. The van der Waals surface area contributed by atoms with Crippen molar-refractivity contribution in [1.29, 1.82) is 0 Å². The van der Waals surface area contributed by atoms with Crippen molar-refractivity contribution in [3.05, 3.63) is 35.8 Å². The number of allylic oxidation sites excluding steroid dienone is 1. The molecule has 0 amide bonds. The predicted molar refractivity (Wildman–Crippen MR) is 131 cm³/mol. The third-order valence-corrected chi connectivity index (χ3v) is 11.4. The number of ether oxygens (including phenoxy) is 1. The Balaban J connectivity index is 1.19. The molecule has 0 radical (unpaired) electrons. The third-order valence-electron chi connectivity index (χ3n) is 11.4. The molecule has 1 saturated heterocycles. The fourth-order valence-electron chi connectivity index (χ4n) is 9.07. The highest BCUT2D eigenvalue weighted by Crippen LogP contribution is 2.70. The van der Waals surface area contributed by atoms with E-state index in [1.54, 1.807) is 18.1 Å². The number of rotatable bonds is 5. The summed E-state index contributed by atoms with van der Waals surface area (Å²) in [5.41, 5.74) is 0.116. The normalized spacial score (nSPS) is 46.6. The SMILES string of the molecule is C[C@]12CCC(OCCN3CCCC3)CC1=CC[C@@H]1[C@H]2CC[C@]2(C)C(O)(c3ccoc3)CC[C@@]12O. The van der Waals surface area contributed by atoms with E-state index in [1.807, 2.05) is 6.07 Å². The first-order valence-corrected chi connectivity index (χ1v) is 13.8. The molecule has 2 heterocycles. The van der Waals surface area contributed by atoms with Gasteiger partial charge in [0.15, 0.2) is 0 Å². The average Bonchev–Trinajstić information content (AvgIpc) is 3.57. The van der Waals surface area contributed by atoms with E-state index in [0.717, 1.165) is 57.2 Å². The Morgan fingerprint density at radius 1 is 1.06 bits per heavy atom. The van der Waals surface area contributed by atoms with E-state index in [2.05, 4.69) is 24.8 Å². The van der Waals surface area contributed by atoms with Gasteiger partial charge in [-0.15, -0.1) is 0 Å². The Morgan fingerprint density at radius 2 is 1.88 bits per heavy atom. The maximum absolute atomic E-state index is 12.3. The van der Waals surface area contributed by atoms with Crippen LogP contribution < -0.4 is 0 Å². The van der Waals surface area contributed by atoms with E-state index < -0.39 is 16.6 Å². The van der Waals surface area contributed by atoms with Crippen LogP contribution in [0.5, 0.6) is 0 Å². The van der Waals surface area contributed by atoms with Crippen molar-refractivity contribution in [3.8, 4) is 0 Å². The van der Waals surface area contributed by atoms with Crippen LogP contribution in [0.3, 0.4) is 0 Å². The van der Waals surface area contributed by atoms with Crippen LogP contribution in [0.15, 0.2) is 34.7 Å². The van der Waals surface area contributed by atoms with Crippen LogP contribution in [-0.4, -0.2) is 53.1 Å². The minimum Gasteiger partial charge on any atom is -0.472 e. The summed E-state index contributed by atoms with van der Waals surface area (Å²) in [5, 5.41) is 24.2. The second kappa shape index (κ2) is 8.19. The predicted octanol–water partition coefficient (Wildman–Crippen LogP) is 5.03. The van der Waals surface area contributed by atoms with Gasteiger partial charge in [0.05, 0.1) is 30.8 Å². The molecule has 0 aromatic carbocycles. The minimum atomic E-state index is -1.02. The lowest BCUT2D eigenvalue weighted by Gasteiger charge is -2.62. The summed E-state index contributed by atoms with van der Waals surface area (Å²) in [6.45, 7) is 8.99. The summed E-state index contributed by atoms with van der Waals surface area (Å²) in [6, 6.07) is 1.88. The minimum absolute atomic E-state index is 0.144. The first kappa shape index (κ1) is 23.3. The smallest absolute Gasteiger partial charge is 0.101 e. The van der Waals surface area contributed by atoms with Crippen molar-refractivity contribution in [2.75, 3.05) is 26.2 Å². The number of nitrogens with zero attached hydrogens (tertiary/aromatic N) is 1. The van der Waals surface area contributed by atoms with Gasteiger partial charge in [-0.2, -0.15) is 0 Å².